The van der Waals surface area contributed by atoms with Crippen LogP contribution in [0.4, 0.5) is 4.79 Å². The van der Waals surface area contributed by atoms with E-state index in [0.29, 0.717) is 6.54 Å². The van der Waals surface area contributed by atoms with E-state index in [-0.39, 0.29) is 17.5 Å². The zero-order valence-electron chi connectivity index (χ0n) is 10.8. The molecule has 0 aliphatic carbocycles. The molecule has 0 radical (unpaired) electrons. The van der Waals surface area contributed by atoms with Gasteiger partial charge in [0.2, 0.25) is 5.91 Å². The van der Waals surface area contributed by atoms with Gasteiger partial charge in [0.1, 0.15) is 6.04 Å². The van der Waals surface area contributed by atoms with E-state index >= 15 is 0 Å². The molecular formula is C11H23N3O2. The lowest BCUT2D eigenvalue weighted by Gasteiger charge is -2.22. The molecule has 0 bridgehead atoms. The SMILES string of the molecule is CCCNC(=O)C(C)NC(=O)NC(C)(C)C. The smallest absolute Gasteiger partial charge is 0.315 e. The molecule has 1 unspecified atom stereocenters. The Balaban J connectivity index is 3.99. The quantitative estimate of drug-likeness (QED) is 0.673. The molecule has 16 heavy (non-hydrogen) atoms. The average Bonchev–Trinajstić information content (AvgIpc) is 2.10. The van der Waals surface area contributed by atoms with E-state index in [4.69, 9.17) is 0 Å². The molecule has 0 aliphatic rings. The second kappa shape index (κ2) is 6.35. The zero-order valence-corrected chi connectivity index (χ0v) is 10.8. The number of nitrogens with one attached hydrogen (secondary N) is 3. The summed E-state index contributed by atoms with van der Waals surface area (Å²) in [4.78, 5) is 22.9. The first-order chi connectivity index (χ1) is 7.26. The molecule has 3 amide bonds. The van der Waals surface area contributed by atoms with Gasteiger partial charge in [-0.25, -0.2) is 4.79 Å². The van der Waals surface area contributed by atoms with Crippen LogP contribution in [-0.4, -0.2) is 30.1 Å². The minimum Gasteiger partial charge on any atom is -0.354 e. The van der Waals surface area contributed by atoms with Crippen molar-refractivity contribution in [1.82, 2.24) is 16.0 Å². The standard InChI is InChI=1S/C11H23N3O2/c1-6-7-12-9(15)8(2)13-10(16)14-11(3,4)5/h8H,6-7H2,1-5H3,(H,12,15)(H2,13,14,16). The normalized spacial score (nSPS) is 12.8. The molecule has 0 aromatic heterocycles. The van der Waals surface area contributed by atoms with Gasteiger partial charge < -0.3 is 16.0 Å². The van der Waals surface area contributed by atoms with Crippen molar-refractivity contribution in [3.05, 3.63) is 0 Å². The van der Waals surface area contributed by atoms with Crippen LogP contribution in [0.3, 0.4) is 0 Å². The molecule has 1 atom stereocenters. The topological polar surface area (TPSA) is 70.2 Å². The summed E-state index contributed by atoms with van der Waals surface area (Å²) in [5.74, 6) is -0.161. The van der Waals surface area contributed by atoms with Gasteiger partial charge in [0.05, 0.1) is 0 Å². The molecule has 0 spiro atoms. The molecule has 0 saturated carbocycles. The molecule has 94 valence electrons. The summed E-state index contributed by atoms with van der Waals surface area (Å²) in [5, 5.41) is 8.03. The Labute approximate surface area is 97.4 Å². The number of carbonyl (C=O) groups excluding carboxylic acids is 2. The second-order valence-electron chi connectivity index (χ2n) is 4.86. The van der Waals surface area contributed by atoms with Gasteiger partial charge in [0, 0.05) is 12.1 Å². The molecule has 0 fully saturated rings. The van der Waals surface area contributed by atoms with Crippen LogP contribution in [0.15, 0.2) is 0 Å². The lowest BCUT2D eigenvalue weighted by Crippen LogP contribution is -2.52. The van der Waals surface area contributed by atoms with Gasteiger partial charge in [0.15, 0.2) is 0 Å². The van der Waals surface area contributed by atoms with Crippen LogP contribution in [0.25, 0.3) is 0 Å². The third-order valence-corrected chi connectivity index (χ3v) is 1.78. The lowest BCUT2D eigenvalue weighted by molar-refractivity contribution is -0.122. The average molecular weight is 229 g/mol. The van der Waals surface area contributed by atoms with Crippen molar-refractivity contribution in [3.63, 3.8) is 0 Å². The fourth-order valence-corrected chi connectivity index (χ4v) is 1.04. The van der Waals surface area contributed by atoms with Gasteiger partial charge in [-0.15, -0.1) is 0 Å². The maximum atomic E-state index is 11.4. The van der Waals surface area contributed by atoms with Gasteiger partial charge >= 0.3 is 6.03 Å². The van der Waals surface area contributed by atoms with Crippen LogP contribution in [0.5, 0.6) is 0 Å². The van der Waals surface area contributed by atoms with Gasteiger partial charge in [-0.3, -0.25) is 4.79 Å². The summed E-state index contributed by atoms with van der Waals surface area (Å²) in [7, 11) is 0. The number of hydrogen-bond acceptors (Lipinski definition) is 2. The highest BCUT2D eigenvalue weighted by Gasteiger charge is 2.18. The molecule has 5 nitrogen and oxygen atoms in total. The maximum Gasteiger partial charge on any atom is 0.315 e. The van der Waals surface area contributed by atoms with Crippen molar-refractivity contribution < 1.29 is 9.59 Å². The summed E-state index contributed by atoms with van der Waals surface area (Å²) >= 11 is 0. The maximum absolute atomic E-state index is 11.4. The predicted molar refractivity (Wildman–Crippen MR) is 64.2 cm³/mol. The lowest BCUT2D eigenvalue weighted by atomic mass is 10.1. The van der Waals surface area contributed by atoms with E-state index in [9.17, 15) is 9.59 Å². The fourth-order valence-electron chi connectivity index (χ4n) is 1.04. The van der Waals surface area contributed by atoms with E-state index in [1.54, 1.807) is 6.92 Å². The number of amides is 3. The Kier molecular flexibility index (Phi) is 5.85. The molecule has 0 aromatic carbocycles. The predicted octanol–water partition coefficient (Wildman–Crippen LogP) is 0.999. The minimum absolute atomic E-state index is 0.161. The van der Waals surface area contributed by atoms with Crippen LogP contribution < -0.4 is 16.0 Å². The molecule has 5 heteroatoms. The Morgan fingerprint density at radius 3 is 2.25 bits per heavy atom. The van der Waals surface area contributed by atoms with Gasteiger partial charge in [-0.05, 0) is 34.1 Å². The number of urea groups is 1. The van der Waals surface area contributed by atoms with E-state index < -0.39 is 6.04 Å². The van der Waals surface area contributed by atoms with E-state index in [2.05, 4.69) is 16.0 Å². The van der Waals surface area contributed by atoms with Crippen molar-refractivity contribution in [2.75, 3.05) is 6.54 Å². The first-order valence-electron chi connectivity index (χ1n) is 5.62. The zero-order chi connectivity index (χ0) is 12.8. The highest BCUT2D eigenvalue weighted by atomic mass is 16.2. The fraction of sp³-hybridized carbons (Fsp3) is 0.818. The second-order valence-corrected chi connectivity index (χ2v) is 4.86. The van der Waals surface area contributed by atoms with Gasteiger partial charge in [-0.2, -0.15) is 0 Å². The Morgan fingerprint density at radius 2 is 1.81 bits per heavy atom. The van der Waals surface area contributed by atoms with Crippen LogP contribution in [0.2, 0.25) is 0 Å². The monoisotopic (exact) mass is 229 g/mol. The molecule has 0 aliphatic heterocycles. The summed E-state index contributed by atoms with van der Waals surface area (Å²) in [6.45, 7) is 9.92. The van der Waals surface area contributed by atoms with Gasteiger partial charge in [-0.1, -0.05) is 6.92 Å². The Bertz CT molecular complexity index is 246. The van der Waals surface area contributed by atoms with Crippen molar-refractivity contribution in [1.29, 1.82) is 0 Å². The molecule has 0 rings (SSSR count). The summed E-state index contributed by atoms with van der Waals surface area (Å²) in [6.07, 6.45) is 0.882. The molecule has 3 N–H and O–H groups in total. The molecule has 0 saturated heterocycles. The highest BCUT2D eigenvalue weighted by Crippen LogP contribution is 1.97. The van der Waals surface area contributed by atoms with Crippen LogP contribution in [0.1, 0.15) is 41.0 Å². The van der Waals surface area contributed by atoms with Crippen molar-refractivity contribution in [3.8, 4) is 0 Å². The van der Waals surface area contributed by atoms with Crippen LogP contribution in [-0.2, 0) is 4.79 Å². The molecule has 0 heterocycles. The third-order valence-electron chi connectivity index (χ3n) is 1.78. The van der Waals surface area contributed by atoms with E-state index in [1.807, 2.05) is 27.7 Å². The molecular weight excluding hydrogens is 206 g/mol. The summed E-state index contributed by atoms with van der Waals surface area (Å²) in [5.41, 5.74) is -0.302. The molecule has 0 aromatic rings. The summed E-state index contributed by atoms with van der Waals surface area (Å²) < 4.78 is 0. The van der Waals surface area contributed by atoms with Crippen LogP contribution >= 0.6 is 0 Å². The largest absolute Gasteiger partial charge is 0.354 e. The first-order valence-corrected chi connectivity index (χ1v) is 5.62. The van der Waals surface area contributed by atoms with Gasteiger partial charge in [0.25, 0.3) is 0 Å². The minimum atomic E-state index is -0.520. The van der Waals surface area contributed by atoms with Crippen molar-refractivity contribution >= 4 is 11.9 Å². The number of hydrogen-bond donors (Lipinski definition) is 3. The van der Waals surface area contributed by atoms with E-state index in [0.717, 1.165) is 6.42 Å². The number of rotatable bonds is 4. The number of carbonyl (C=O) groups is 2. The van der Waals surface area contributed by atoms with Crippen molar-refractivity contribution in [2.45, 2.75) is 52.6 Å². The van der Waals surface area contributed by atoms with E-state index in [1.165, 1.54) is 0 Å². The van der Waals surface area contributed by atoms with Crippen molar-refractivity contribution in [2.24, 2.45) is 0 Å². The highest BCUT2D eigenvalue weighted by molar-refractivity contribution is 5.86. The Morgan fingerprint density at radius 1 is 1.25 bits per heavy atom. The van der Waals surface area contributed by atoms with Crippen LogP contribution in [0, 0.1) is 0 Å². The Hall–Kier alpha value is -1.26. The first kappa shape index (κ1) is 14.7. The summed E-state index contributed by atoms with van der Waals surface area (Å²) in [6, 6.07) is -0.847. The third kappa shape index (κ3) is 7.09.